The molecule has 0 amide bonds. The van der Waals surface area contributed by atoms with Crippen LogP contribution in [-0.4, -0.2) is 61.7 Å². The molecule has 2 aromatic heterocycles. The van der Waals surface area contributed by atoms with Crippen LogP contribution < -0.4 is 10.5 Å². The lowest BCUT2D eigenvalue weighted by atomic mass is 9.91. The van der Waals surface area contributed by atoms with Crippen LogP contribution in [0.1, 0.15) is 26.3 Å². The lowest BCUT2D eigenvalue weighted by molar-refractivity contribution is -0.148. The summed E-state index contributed by atoms with van der Waals surface area (Å²) in [6.07, 6.45) is -1.76. The van der Waals surface area contributed by atoms with Gasteiger partial charge in [0.25, 0.3) is 0 Å². The lowest BCUT2D eigenvalue weighted by Crippen LogP contribution is -2.54. The number of alkyl halides is 4. The average molecular weight is 573 g/mol. The molecule has 15 heteroatoms. The fraction of sp³-hybridized carbons (Fsp3) is 0.417. The Morgan fingerprint density at radius 2 is 1.90 bits per heavy atom. The van der Waals surface area contributed by atoms with Gasteiger partial charge in [-0.1, -0.05) is 5.16 Å². The summed E-state index contributed by atoms with van der Waals surface area (Å²) in [7, 11) is -1.46. The lowest BCUT2D eigenvalue weighted by Gasteiger charge is -2.40. The minimum absolute atomic E-state index is 0.0561. The molecule has 0 unspecified atom stereocenters. The molecule has 3 heterocycles. The van der Waals surface area contributed by atoms with Gasteiger partial charge in [-0.15, -0.1) is 0 Å². The number of benzene rings is 1. The largest absolute Gasteiger partial charge is 0.470 e. The number of hydrogen-bond donors (Lipinski definition) is 1. The topological polar surface area (TPSA) is 129 Å². The van der Waals surface area contributed by atoms with Gasteiger partial charge < -0.3 is 15.0 Å². The van der Waals surface area contributed by atoms with Crippen molar-refractivity contribution in [2.45, 2.75) is 43.4 Å². The molecule has 9 nitrogen and oxygen atoms in total. The highest BCUT2D eigenvalue weighted by molar-refractivity contribution is 7.95. The van der Waals surface area contributed by atoms with Gasteiger partial charge in [-0.3, -0.25) is 4.99 Å². The summed E-state index contributed by atoms with van der Waals surface area (Å²) in [6.45, 7) is 3.44. The van der Waals surface area contributed by atoms with Gasteiger partial charge in [0.2, 0.25) is 5.88 Å². The third kappa shape index (κ3) is 5.18. The monoisotopic (exact) mass is 572 g/mol. The molecule has 2 atom stereocenters. The third-order valence-electron chi connectivity index (χ3n) is 6.52. The Kier molecular flexibility index (Phi) is 7.17. The van der Waals surface area contributed by atoms with Crippen molar-refractivity contribution in [2.75, 3.05) is 19.4 Å². The highest BCUT2D eigenvalue weighted by atomic mass is 32.2. The number of rotatable bonds is 7. The van der Waals surface area contributed by atoms with Gasteiger partial charge in [-0.25, -0.2) is 31.7 Å². The van der Waals surface area contributed by atoms with Crippen LogP contribution in [0.25, 0.3) is 22.7 Å². The van der Waals surface area contributed by atoms with Crippen molar-refractivity contribution in [1.29, 1.82) is 0 Å². The first-order valence-corrected chi connectivity index (χ1v) is 13.2. The molecule has 2 N–H and O–H groups in total. The second-order valence-electron chi connectivity index (χ2n) is 9.61. The van der Waals surface area contributed by atoms with E-state index in [1.54, 1.807) is 20.8 Å². The Balaban J connectivity index is 1.61. The maximum absolute atomic E-state index is 15.1. The van der Waals surface area contributed by atoms with Gasteiger partial charge in [0.05, 0.1) is 27.9 Å². The van der Waals surface area contributed by atoms with Crippen molar-refractivity contribution in [3.63, 3.8) is 0 Å². The zero-order chi connectivity index (χ0) is 28.8. The summed E-state index contributed by atoms with van der Waals surface area (Å²) >= 11 is 0. The highest BCUT2D eigenvalue weighted by Gasteiger charge is 2.48. The van der Waals surface area contributed by atoms with Crippen molar-refractivity contribution in [2.24, 2.45) is 15.1 Å². The van der Waals surface area contributed by atoms with Crippen LogP contribution in [0.5, 0.6) is 5.88 Å². The van der Waals surface area contributed by atoms with Crippen LogP contribution in [0.4, 0.5) is 22.0 Å². The standard InChI is InChI=1S/C24H25F5N6O3S/c1-22(2)21(30)34-23(3,12-39(22,36)31-4)14-7-13(5-6-15(14)25)18-8-16(35-38-18)17-9-33-19(10-32-17)37-11-24(28,29)20(26)27/h5-10,20H,11-12H2,1-4H3,(H2,30,34)/t23-,39+/m0/s1. The summed E-state index contributed by atoms with van der Waals surface area (Å²) in [4.78, 5) is 12.3. The summed E-state index contributed by atoms with van der Waals surface area (Å²) in [6, 6.07) is 5.66. The fourth-order valence-corrected chi connectivity index (χ4v) is 6.27. The quantitative estimate of drug-likeness (QED) is 0.407. The summed E-state index contributed by atoms with van der Waals surface area (Å²) in [5.41, 5.74) is 5.83. The van der Waals surface area contributed by atoms with Crippen molar-refractivity contribution >= 4 is 15.6 Å². The van der Waals surface area contributed by atoms with Crippen molar-refractivity contribution in [3.8, 4) is 28.6 Å². The minimum Gasteiger partial charge on any atom is -0.470 e. The Labute approximate surface area is 220 Å². The number of nitrogens with zero attached hydrogens (tertiary/aromatic N) is 5. The van der Waals surface area contributed by atoms with E-state index in [2.05, 4.69) is 29.2 Å². The fourth-order valence-electron chi connectivity index (χ4n) is 3.97. The number of ether oxygens (including phenoxy) is 1. The zero-order valence-electron chi connectivity index (χ0n) is 21.3. The van der Waals surface area contributed by atoms with Gasteiger partial charge in [0.15, 0.2) is 12.4 Å². The first kappa shape index (κ1) is 28.4. The van der Waals surface area contributed by atoms with Crippen LogP contribution in [0.15, 0.2) is 50.5 Å². The third-order valence-corrected chi connectivity index (χ3v) is 9.86. The molecule has 0 fully saturated rings. The molecule has 3 aromatic rings. The van der Waals surface area contributed by atoms with E-state index in [1.807, 2.05) is 0 Å². The SMILES string of the molecule is CN=[S@@]1(=O)C[C@@](C)(c2cc(-c3cc(-c4cnc(OCC(F)(F)C(F)F)cn4)no3)ccc2F)N=C(N)C1(C)C. The zero-order valence-corrected chi connectivity index (χ0v) is 22.1. The van der Waals surface area contributed by atoms with E-state index in [0.717, 1.165) is 12.4 Å². The summed E-state index contributed by atoms with van der Waals surface area (Å²) in [5.74, 6) is -5.04. The van der Waals surface area contributed by atoms with E-state index >= 15 is 4.39 Å². The summed E-state index contributed by atoms with van der Waals surface area (Å²) in [5, 5.41) is 3.91. The highest BCUT2D eigenvalue weighted by Crippen LogP contribution is 2.40. The molecule has 4 rings (SSSR count). The van der Waals surface area contributed by atoms with Gasteiger partial charge in [-0.2, -0.15) is 8.78 Å². The first-order chi connectivity index (χ1) is 18.1. The van der Waals surface area contributed by atoms with E-state index in [9.17, 15) is 21.8 Å². The molecule has 0 saturated heterocycles. The van der Waals surface area contributed by atoms with Crippen LogP contribution >= 0.6 is 0 Å². The van der Waals surface area contributed by atoms with Crippen LogP contribution in [0.3, 0.4) is 0 Å². The number of hydrogen-bond acceptors (Lipinski definition) is 9. The first-order valence-electron chi connectivity index (χ1n) is 11.5. The van der Waals surface area contributed by atoms with Gasteiger partial charge >= 0.3 is 12.3 Å². The summed E-state index contributed by atoms with van der Waals surface area (Å²) < 4.78 is 92.5. The van der Waals surface area contributed by atoms with Crippen molar-refractivity contribution in [1.82, 2.24) is 15.1 Å². The number of aliphatic imine (C=N–C) groups is 1. The molecule has 1 aliphatic rings. The molecule has 0 bridgehead atoms. The molecular formula is C24H25F5N6O3S. The molecule has 39 heavy (non-hydrogen) atoms. The Bertz CT molecular complexity index is 1530. The predicted octanol–water partition coefficient (Wildman–Crippen LogP) is 4.68. The predicted molar refractivity (Wildman–Crippen MR) is 134 cm³/mol. The van der Waals surface area contributed by atoms with Crippen LogP contribution in [0.2, 0.25) is 0 Å². The van der Waals surface area contributed by atoms with E-state index in [1.165, 1.54) is 31.3 Å². The van der Waals surface area contributed by atoms with Gasteiger partial charge in [0, 0.05) is 24.2 Å². The van der Waals surface area contributed by atoms with Gasteiger partial charge in [0.1, 0.15) is 33.3 Å². The number of nitrogens with two attached hydrogens (primary N) is 1. The minimum atomic E-state index is -4.33. The van der Waals surface area contributed by atoms with E-state index in [0.29, 0.717) is 5.56 Å². The van der Waals surface area contributed by atoms with E-state index in [-0.39, 0.29) is 40.2 Å². The molecule has 1 aliphatic heterocycles. The second-order valence-corrected chi connectivity index (χ2v) is 12.6. The maximum Gasteiger partial charge on any atom is 0.340 e. The van der Waals surface area contributed by atoms with E-state index in [4.69, 9.17) is 10.3 Å². The average Bonchev–Trinajstić information content (AvgIpc) is 3.37. The Hall–Kier alpha value is -3.62. The van der Waals surface area contributed by atoms with Crippen LogP contribution in [-0.2, 0) is 15.3 Å². The smallest absolute Gasteiger partial charge is 0.340 e. The van der Waals surface area contributed by atoms with E-state index < -0.39 is 44.8 Å². The molecule has 0 spiro atoms. The molecule has 0 saturated carbocycles. The van der Waals surface area contributed by atoms with Gasteiger partial charge in [-0.05, 0) is 39.0 Å². The molecule has 1 aromatic carbocycles. The molecule has 210 valence electrons. The number of aromatic nitrogens is 3. The molecule has 0 radical (unpaired) electrons. The Morgan fingerprint density at radius 1 is 1.18 bits per heavy atom. The Morgan fingerprint density at radius 3 is 2.51 bits per heavy atom. The van der Waals surface area contributed by atoms with Crippen LogP contribution in [0, 0.1) is 5.82 Å². The number of amidine groups is 1. The van der Waals surface area contributed by atoms with Crippen molar-refractivity contribution < 1.29 is 35.4 Å². The molecule has 0 aliphatic carbocycles. The molecular weight excluding hydrogens is 547 g/mol. The number of halogens is 5. The normalized spacial score (nSPS) is 23.0. The van der Waals surface area contributed by atoms with Crippen molar-refractivity contribution in [3.05, 3.63) is 48.0 Å². The second kappa shape index (κ2) is 9.84. The maximum atomic E-state index is 15.1.